The third kappa shape index (κ3) is 7.57. The molecule has 0 aromatic heterocycles. The second-order valence-corrected chi connectivity index (χ2v) is 3.92. The van der Waals surface area contributed by atoms with E-state index in [2.05, 4.69) is 26.6 Å². The summed E-state index contributed by atoms with van der Waals surface area (Å²) in [6.45, 7) is 8.10. The van der Waals surface area contributed by atoms with Crippen LogP contribution in [0.2, 0.25) is 0 Å². The van der Waals surface area contributed by atoms with Crippen LogP contribution in [0, 0.1) is 0 Å². The summed E-state index contributed by atoms with van der Waals surface area (Å²) >= 11 is 1.35. The second-order valence-electron chi connectivity index (χ2n) is 2.87. The molecular weight excluding hydrogens is 238 g/mol. The van der Waals surface area contributed by atoms with E-state index in [0.717, 1.165) is 11.5 Å². The molecule has 0 rings (SSSR count). The van der Waals surface area contributed by atoms with Crippen molar-refractivity contribution in [2.75, 3.05) is 19.4 Å². The minimum Gasteiger partial charge on any atom is -0.468 e. The summed E-state index contributed by atoms with van der Waals surface area (Å²) in [5.74, 6) is 0.509. The molecule has 0 aromatic carbocycles. The van der Waals surface area contributed by atoms with Gasteiger partial charge in [0.1, 0.15) is 0 Å². The Balaban J connectivity index is 4.53. The van der Waals surface area contributed by atoms with Crippen LogP contribution in [-0.2, 0) is 9.53 Å². The van der Waals surface area contributed by atoms with Crippen molar-refractivity contribution in [3.63, 3.8) is 0 Å². The molecule has 0 aliphatic carbocycles. The van der Waals surface area contributed by atoms with Gasteiger partial charge in [-0.2, -0.15) is 0 Å². The van der Waals surface area contributed by atoms with Crippen molar-refractivity contribution in [1.82, 2.24) is 5.32 Å². The molecule has 5 nitrogen and oxygen atoms in total. The van der Waals surface area contributed by atoms with E-state index in [1.54, 1.807) is 0 Å². The highest BCUT2D eigenvalue weighted by Gasteiger charge is 2.05. The van der Waals surface area contributed by atoms with Gasteiger partial charge in [0.05, 0.1) is 17.9 Å². The Kier molecular flexibility index (Phi) is 9.14. The number of nitrogens with one attached hydrogen (secondary N) is 1. The Hall–Kier alpha value is -1.30. The molecule has 0 saturated heterocycles. The zero-order chi connectivity index (χ0) is 13.1. The summed E-state index contributed by atoms with van der Waals surface area (Å²) in [4.78, 5) is 19.5. The average molecular weight is 257 g/mol. The first-order valence-electron chi connectivity index (χ1n) is 5.36. The van der Waals surface area contributed by atoms with Crippen molar-refractivity contribution in [3.05, 3.63) is 12.8 Å². The summed E-state index contributed by atoms with van der Waals surface area (Å²) in [6, 6.07) is 0. The molecule has 0 bridgehead atoms. The molecule has 1 N–H and O–H groups in total. The van der Waals surface area contributed by atoms with E-state index in [9.17, 15) is 4.79 Å². The quantitative estimate of drug-likeness (QED) is 0.463. The van der Waals surface area contributed by atoms with E-state index in [4.69, 9.17) is 0 Å². The molecule has 0 spiro atoms. The van der Waals surface area contributed by atoms with E-state index in [1.165, 1.54) is 25.1 Å². The van der Waals surface area contributed by atoms with E-state index in [-0.39, 0.29) is 11.7 Å². The van der Waals surface area contributed by atoms with Crippen molar-refractivity contribution in [2.45, 2.75) is 20.3 Å². The number of nitrogens with zero attached hydrogens (tertiary/aromatic N) is 2. The number of thioether (sulfide) groups is 1. The van der Waals surface area contributed by atoms with Crippen LogP contribution in [0.25, 0.3) is 0 Å². The number of rotatable bonds is 5. The van der Waals surface area contributed by atoms with Crippen LogP contribution in [0.15, 0.2) is 22.8 Å². The Morgan fingerprint density at radius 3 is 2.71 bits per heavy atom. The van der Waals surface area contributed by atoms with Gasteiger partial charge < -0.3 is 10.1 Å². The van der Waals surface area contributed by atoms with Gasteiger partial charge in [-0.25, -0.2) is 4.99 Å². The maximum absolute atomic E-state index is 11.0. The Bertz CT molecular complexity index is 314. The SMILES string of the molecule is C=CNC(=NCC)N=C(CC)SCC(=O)OC. The predicted molar refractivity (Wildman–Crippen MR) is 73.5 cm³/mol. The van der Waals surface area contributed by atoms with Crippen LogP contribution in [-0.4, -0.2) is 36.4 Å². The van der Waals surface area contributed by atoms with E-state index in [0.29, 0.717) is 12.5 Å². The van der Waals surface area contributed by atoms with Crippen LogP contribution in [0.4, 0.5) is 0 Å². The summed E-state index contributed by atoms with van der Waals surface area (Å²) in [6.07, 6.45) is 2.26. The molecule has 0 heterocycles. The maximum Gasteiger partial charge on any atom is 0.316 e. The van der Waals surface area contributed by atoms with Gasteiger partial charge in [0.15, 0.2) is 0 Å². The molecule has 0 fully saturated rings. The number of esters is 1. The first kappa shape index (κ1) is 15.7. The molecule has 17 heavy (non-hydrogen) atoms. The van der Waals surface area contributed by atoms with Gasteiger partial charge in [0.2, 0.25) is 5.96 Å². The monoisotopic (exact) mass is 257 g/mol. The first-order valence-corrected chi connectivity index (χ1v) is 6.35. The molecule has 0 saturated carbocycles. The first-order chi connectivity index (χ1) is 8.17. The van der Waals surface area contributed by atoms with Gasteiger partial charge in [0.25, 0.3) is 0 Å². The molecule has 96 valence electrons. The van der Waals surface area contributed by atoms with E-state index in [1.807, 2.05) is 13.8 Å². The molecule has 0 amide bonds. The fourth-order valence-electron chi connectivity index (χ4n) is 0.887. The fraction of sp³-hybridized carbons (Fsp3) is 0.545. The topological polar surface area (TPSA) is 63.0 Å². The number of hydrogen-bond donors (Lipinski definition) is 1. The summed E-state index contributed by atoms with van der Waals surface area (Å²) in [7, 11) is 1.37. The normalized spacial score (nSPS) is 12.2. The lowest BCUT2D eigenvalue weighted by Gasteiger charge is -2.04. The number of methoxy groups -OCH3 is 1. The Morgan fingerprint density at radius 2 is 2.24 bits per heavy atom. The third-order valence-corrected chi connectivity index (χ3v) is 2.75. The number of carbonyl (C=O) groups is 1. The fourth-order valence-corrected chi connectivity index (χ4v) is 1.64. The standard InChI is InChI=1S/C11H19N3O2S/c1-5-9(17-8-10(15)16-4)14-11(12-6-2)13-7-3/h6H,2,5,7-8H2,1,3-4H3,(H,12,13). The second kappa shape index (κ2) is 9.89. The minimum absolute atomic E-state index is 0.261. The van der Waals surface area contributed by atoms with E-state index < -0.39 is 0 Å². The van der Waals surface area contributed by atoms with Gasteiger partial charge in [-0.1, -0.05) is 25.3 Å². The number of guanidine groups is 1. The predicted octanol–water partition coefficient (Wildman–Crippen LogP) is 1.81. The lowest BCUT2D eigenvalue weighted by molar-refractivity contribution is -0.137. The van der Waals surface area contributed by atoms with Crippen molar-refractivity contribution in [2.24, 2.45) is 9.98 Å². The highest BCUT2D eigenvalue weighted by molar-refractivity contribution is 8.14. The number of hydrogen-bond acceptors (Lipinski definition) is 4. The largest absolute Gasteiger partial charge is 0.468 e. The number of ether oxygens (including phenoxy) is 1. The molecule has 6 heteroatoms. The summed E-state index contributed by atoms with van der Waals surface area (Å²) < 4.78 is 4.57. The zero-order valence-electron chi connectivity index (χ0n) is 10.5. The molecule has 0 atom stereocenters. The smallest absolute Gasteiger partial charge is 0.316 e. The molecular formula is C11H19N3O2S. The van der Waals surface area contributed by atoms with Crippen LogP contribution < -0.4 is 5.32 Å². The lowest BCUT2D eigenvalue weighted by atomic mass is 10.5. The van der Waals surface area contributed by atoms with Crippen molar-refractivity contribution in [1.29, 1.82) is 0 Å². The van der Waals surface area contributed by atoms with Gasteiger partial charge in [-0.3, -0.25) is 9.79 Å². The zero-order valence-corrected chi connectivity index (χ0v) is 11.3. The molecule has 0 aliphatic heterocycles. The third-order valence-electron chi connectivity index (χ3n) is 1.66. The molecule has 0 radical (unpaired) electrons. The Morgan fingerprint density at radius 1 is 1.53 bits per heavy atom. The van der Waals surface area contributed by atoms with Crippen LogP contribution in [0.5, 0.6) is 0 Å². The van der Waals surface area contributed by atoms with Crippen molar-refractivity contribution in [3.8, 4) is 0 Å². The Labute approximate surface area is 106 Å². The van der Waals surface area contributed by atoms with E-state index >= 15 is 0 Å². The maximum atomic E-state index is 11.0. The van der Waals surface area contributed by atoms with Gasteiger partial charge in [-0.15, -0.1) is 0 Å². The molecule has 0 unspecified atom stereocenters. The highest BCUT2D eigenvalue weighted by Crippen LogP contribution is 2.08. The van der Waals surface area contributed by atoms with Crippen LogP contribution in [0.3, 0.4) is 0 Å². The van der Waals surface area contributed by atoms with Gasteiger partial charge in [0, 0.05) is 6.54 Å². The number of carbonyl (C=O) groups excluding carboxylic acids is 1. The molecule has 0 aromatic rings. The van der Waals surface area contributed by atoms with Crippen LogP contribution in [0.1, 0.15) is 20.3 Å². The van der Waals surface area contributed by atoms with Crippen LogP contribution >= 0.6 is 11.8 Å². The summed E-state index contributed by atoms with van der Waals surface area (Å²) in [5.41, 5.74) is 0. The van der Waals surface area contributed by atoms with Gasteiger partial charge >= 0.3 is 5.97 Å². The molecule has 0 aliphatic rings. The minimum atomic E-state index is -0.262. The van der Waals surface area contributed by atoms with Crippen molar-refractivity contribution >= 4 is 28.7 Å². The highest BCUT2D eigenvalue weighted by atomic mass is 32.2. The van der Waals surface area contributed by atoms with Crippen molar-refractivity contribution < 1.29 is 9.53 Å². The average Bonchev–Trinajstić information content (AvgIpc) is 2.34. The number of aliphatic imine (C=N–C) groups is 2. The van der Waals surface area contributed by atoms with Gasteiger partial charge in [-0.05, 0) is 19.5 Å². The summed E-state index contributed by atoms with van der Waals surface area (Å²) in [5, 5.41) is 3.68. The lowest BCUT2D eigenvalue weighted by Crippen LogP contribution is -2.17.